The minimum Gasteiger partial charge on any atom is -0.479 e. The second kappa shape index (κ2) is 5.79. The molecule has 1 aliphatic heterocycles. The number of carboxylic acids is 1. The SMILES string of the molecule is Cc1cnccc1CNC(=O)C1CCC(C(=O)O)O1. The fourth-order valence-corrected chi connectivity index (χ4v) is 2.01. The molecule has 0 radical (unpaired) electrons. The zero-order valence-corrected chi connectivity index (χ0v) is 10.6. The number of hydrogen-bond acceptors (Lipinski definition) is 4. The van der Waals surface area contributed by atoms with Gasteiger partial charge in [0.1, 0.15) is 6.10 Å². The zero-order valence-electron chi connectivity index (χ0n) is 10.6. The molecule has 2 atom stereocenters. The van der Waals surface area contributed by atoms with E-state index >= 15 is 0 Å². The van der Waals surface area contributed by atoms with Gasteiger partial charge in [-0.3, -0.25) is 9.78 Å². The fraction of sp³-hybridized carbons (Fsp3) is 0.462. The highest BCUT2D eigenvalue weighted by Gasteiger charge is 2.34. The summed E-state index contributed by atoms with van der Waals surface area (Å²) in [7, 11) is 0. The predicted octanol–water partition coefficient (Wildman–Crippen LogP) is 0.638. The number of aliphatic carboxylic acids is 1. The molecule has 2 rings (SSSR count). The van der Waals surface area contributed by atoms with Crippen LogP contribution in [0.1, 0.15) is 24.0 Å². The molecule has 1 aromatic rings. The Balaban J connectivity index is 1.86. The van der Waals surface area contributed by atoms with Gasteiger partial charge in [-0.2, -0.15) is 0 Å². The molecule has 1 aliphatic rings. The monoisotopic (exact) mass is 264 g/mol. The van der Waals surface area contributed by atoms with E-state index in [1.807, 2.05) is 13.0 Å². The van der Waals surface area contributed by atoms with Gasteiger partial charge in [-0.1, -0.05) is 0 Å². The van der Waals surface area contributed by atoms with Crippen LogP contribution in [0.3, 0.4) is 0 Å². The van der Waals surface area contributed by atoms with E-state index in [2.05, 4.69) is 10.3 Å². The van der Waals surface area contributed by atoms with Crippen molar-refractivity contribution in [2.75, 3.05) is 0 Å². The van der Waals surface area contributed by atoms with E-state index in [0.717, 1.165) is 11.1 Å². The van der Waals surface area contributed by atoms with Crippen LogP contribution in [0.4, 0.5) is 0 Å². The van der Waals surface area contributed by atoms with E-state index in [-0.39, 0.29) is 5.91 Å². The molecule has 2 N–H and O–H groups in total. The number of nitrogens with one attached hydrogen (secondary N) is 1. The molecule has 2 unspecified atom stereocenters. The van der Waals surface area contributed by atoms with Crippen LogP contribution in [0, 0.1) is 6.92 Å². The van der Waals surface area contributed by atoms with Gasteiger partial charge in [0, 0.05) is 18.9 Å². The third kappa shape index (κ3) is 3.29. The number of aryl methyl sites for hydroxylation is 1. The Labute approximate surface area is 110 Å². The van der Waals surface area contributed by atoms with Crippen molar-refractivity contribution < 1.29 is 19.4 Å². The van der Waals surface area contributed by atoms with Crippen molar-refractivity contribution in [1.29, 1.82) is 0 Å². The Morgan fingerprint density at radius 1 is 1.47 bits per heavy atom. The average Bonchev–Trinajstić information content (AvgIpc) is 2.87. The van der Waals surface area contributed by atoms with Gasteiger partial charge in [0.2, 0.25) is 5.91 Å². The predicted molar refractivity (Wildman–Crippen MR) is 66.4 cm³/mol. The highest BCUT2D eigenvalue weighted by Crippen LogP contribution is 2.20. The smallest absolute Gasteiger partial charge is 0.332 e. The van der Waals surface area contributed by atoms with E-state index < -0.39 is 18.2 Å². The number of carbonyl (C=O) groups is 2. The van der Waals surface area contributed by atoms with Crippen molar-refractivity contribution in [2.24, 2.45) is 0 Å². The van der Waals surface area contributed by atoms with Crippen LogP contribution >= 0.6 is 0 Å². The van der Waals surface area contributed by atoms with Crippen LogP contribution in [0.2, 0.25) is 0 Å². The quantitative estimate of drug-likeness (QED) is 0.833. The van der Waals surface area contributed by atoms with Crippen LogP contribution in [0.15, 0.2) is 18.5 Å². The van der Waals surface area contributed by atoms with Gasteiger partial charge >= 0.3 is 5.97 Å². The van der Waals surface area contributed by atoms with Gasteiger partial charge in [-0.25, -0.2) is 4.79 Å². The van der Waals surface area contributed by atoms with Crippen LogP contribution in [0.5, 0.6) is 0 Å². The van der Waals surface area contributed by atoms with E-state index in [1.54, 1.807) is 12.4 Å². The number of hydrogen-bond donors (Lipinski definition) is 2. The lowest BCUT2D eigenvalue weighted by molar-refractivity contribution is -0.151. The molecule has 0 bridgehead atoms. The normalized spacial score (nSPS) is 22.2. The van der Waals surface area contributed by atoms with Crippen LogP contribution in [-0.2, 0) is 20.9 Å². The summed E-state index contributed by atoms with van der Waals surface area (Å²) in [5, 5.41) is 11.5. The first-order valence-electron chi connectivity index (χ1n) is 6.13. The maximum Gasteiger partial charge on any atom is 0.332 e. The van der Waals surface area contributed by atoms with E-state index in [9.17, 15) is 9.59 Å². The number of carboxylic acid groups (broad SMARTS) is 1. The fourth-order valence-electron chi connectivity index (χ4n) is 2.01. The number of pyridine rings is 1. The average molecular weight is 264 g/mol. The topological polar surface area (TPSA) is 88.5 Å². The lowest BCUT2D eigenvalue weighted by Crippen LogP contribution is -2.35. The van der Waals surface area contributed by atoms with Crippen molar-refractivity contribution >= 4 is 11.9 Å². The number of ether oxygens (including phenoxy) is 1. The lowest BCUT2D eigenvalue weighted by Gasteiger charge is -2.12. The molecule has 1 aromatic heterocycles. The van der Waals surface area contributed by atoms with E-state index in [0.29, 0.717) is 19.4 Å². The molecule has 6 nitrogen and oxygen atoms in total. The Morgan fingerprint density at radius 2 is 2.21 bits per heavy atom. The largest absolute Gasteiger partial charge is 0.479 e. The molecule has 0 saturated carbocycles. The van der Waals surface area contributed by atoms with Gasteiger partial charge < -0.3 is 15.2 Å². The third-order valence-corrected chi connectivity index (χ3v) is 3.18. The van der Waals surface area contributed by atoms with Gasteiger partial charge in [-0.15, -0.1) is 0 Å². The van der Waals surface area contributed by atoms with Crippen LogP contribution < -0.4 is 5.32 Å². The molecule has 6 heteroatoms. The molecule has 2 heterocycles. The summed E-state index contributed by atoms with van der Waals surface area (Å²) in [6.45, 7) is 2.31. The Bertz CT molecular complexity index is 489. The van der Waals surface area contributed by atoms with Crippen LogP contribution in [-0.4, -0.2) is 34.2 Å². The number of carbonyl (C=O) groups excluding carboxylic acids is 1. The maximum atomic E-state index is 11.9. The first kappa shape index (κ1) is 13.5. The van der Waals surface area contributed by atoms with Crippen molar-refractivity contribution in [3.63, 3.8) is 0 Å². The number of aromatic nitrogens is 1. The summed E-state index contributed by atoms with van der Waals surface area (Å²) in [6.07, 6.45) is 2.69. The molecule has 1 amide bonds. The zero-order chi connectivity index (χ0) is 13.8. The van der Waals surface area contributed by atoms with E-state index in [1.165, 1.54) is 0 Å². The first-order chi connectivity index (χ1) is 9.08. The second-order valence-corrected chi connectivity index (χ2v) is 4.55. The highest BCUT2D eigenvalue weighted by atomic mass is 16.5. The Hall–Kier alpha value is -1.95. The van der Waals surface area contributed by atoms with Gasteiger partial charge in [0.25, 0.3) is 0 Å². The van der Waals surface area contributed by atoms with Gasteiger partial charge in [-0.05, 0) is 37.0 Å². The minimum absolute atomic E-state index is 0.264. The van der Waals surface area contributed by atoms with Crippen molar-refractivity contribution in [1.82, 2.24) is 10.3 Å². The number of nitrogens with zero attached hydrogens (tertiary/aromatic N) is 1. The summed E-state index contributed by atoms with van der Waals surface area (Å²) in [5.74, 6) is -1.28. The molecule has 0 aromatic carbocycles. The lowest BCUT2D eigenvalue weighted by atomic mass is 10.1. The molecular formula is C13H16N2O4. The molecule has 1 saturated heterocycles. The molecule has 0 aliphatic carbocycles. The molecule has 19 heavy (non-hydrogen) atoms. The molecule has 1 fully saturated rings. The van der Waals surface area contributed by atoms with Gasteiger partial charge in [0.05, 0.1) is 0 Å². The first-order valence-corrected chi connectivity index (χ1v) is 6.13. The summed E-state index contributed by atoms with van der Waals surface area (Å²) in [6, 6.07) is 1.84. The molecular weight excluding hydrogens is 248 g/mol. The summed E-state index contributed by atoms with van der Waals surface area (Å²) < 4.78 is 5.18. The van der Waals surface area contributed by atoms with Crippen LogP contribution in [0.25, 0.3) is 0 Å². The van der Waals surface area contributed by atoms with Gasteiger partial charge in [0.15, 0.2) is 6.10 Å². The summed E-state index contributed by atoms with van der Waals surface area (Å²) in [5.41, 5.74) is 1.98. The standard InChI is InChI=1S/C13H16N2O4/c1-8-6-14-5-4-9(8)7-15-12(16)10-2-3-11(19-10)13(17)18/h4-6,10-11H,2-3,7H2,1H3,(H,15,16)(H,17,18). The molecule has 102 valence electrons. The Kier molecular flexibility index (Phi) is 4.11. The third-order valence-electron chi connectivity index (χ3n) is 3.18. The summed E-state index contributed by atoms with van der Waals surface area (Å²) >= 11 is 0. The number of amides is 1. The second-order valence-electron chi connectivity index (χ2n) is 4.55. The van der Waals surface area contributed by atoms with Crippen molar-refractivity contribution in [3.05, 3.63) is 29.6 Å². The minimum atomic E-state index is -1.01. The van der Waals surface area contributed by atoms with Crippen molar-refractivity contribution in [2.45, 2.75) is 38.5 Å². The maximum absolute atomic E-state index is 11.9. The van der Waals surface area contributed by atoms with E-state index in [4.69, 9.17) is 9.84 Å². The Morgan fingerprint density at radius 3 is 2.84 bits per heavy atom. The molecule has 0 spiro atoms. The van der Waals surface area contributed by atoms with Crippen molar-refractivity contribution in [3.8, 4) is 0 Å². The number of rotatable bonds is 4. The summed E-state index contributed by atoms with van der Waals surface area (Å²) in [4.78, 5) is 26.6. The highest BCUT2D eigenvalue weighted by molar-refractivity contribution is 5.82.